The van der Waals surface area contributed by atoms with Crippen molar-refractivity contribution >= 4 is 5.91 Å². The zero-order valence-electron chi connectivity index (χ0n) is 12.6. The van der Waals surface area contributed by atoms with Crippen molar-refractivity contribution in [2.75, 3.05) is 32.8 Å². The summed E-state index contributed by atoms with van der Waals surface area (Å²) >= 11 is 0. The van der Waals surface area contributed by atoms with Crippen molar-refractivity contribution in [2.24, 2.45) is 17.8 Å². The molecule has 0 bridgehead atoms. The molecule has 4 heteroatoms. The molecule has 2 aliphatic heterocycles. The molecule has 4 nitrogen and oxygen atoms in total. The Morgan fingerprint density at radius 3 is 2.62 bits per heavy atom. The highest BCUT2D eigenvalue weighted by Crippen LogP contribution is 2.27. The molecule has 0 aliphatic carbocycles. The largest absolute Gasteiger partial charge is 0.494 e. The molecule has 0 spiro atoms. The van der Waals surface area contributed by atoms with Gasteiger partial charge in [0.1, 0.15) is 5.75 Å². The lowest BCUT2D eigenvalue weighted by Gasteiger charge is -2.22. The minimum Gasteiger partial charge on any atom is -0.494 e. The van der Waals surface area contributed by atoms with Gasteiger partial charge in [0.15, 0.2) is 0 Å². The number of ether oxygens (including phenoxy) is 1. The Bertz CT molecular complexity index is 465. The normalized spacial score (nSPS) is 25.7. The van der Waals surface area contributed by atoms with Crippen LogP contribution in [0.25, 0.3) is 0 Å². The van der Waals surface area contributed by atoms with Crippen LogP contribution in [0.4, 0.5) is 0 Å². The van der Waals surface area contributed by atoms with Crippen LogP contribution >= 0.6 is 0 Å². The molecule has 3 atom stereocenters. The number of benzene rings is 1. The van der Waals surface area contributed by atoms with Gasteiger partial charge in [-0.25, -0.2) is 0 Å². The van der Waals surface area contributed by atoms with Gasteiger partial charge in [-0.15, -0.1) is 0 Å². The summed E-state index contributed by atoms with van der Waals surface area (Å²) in [6.45, 7) is 6.61. The maximum Gasteiger partial charge on any atom is 0.225 e. The van der Waals surface area contributed by atoms with Crippen molar-refractivity contribution in [1.82, 2.24) is 10.2 Å². The summed E-state index contributed by atoms with van der Waals surface area (Å²) in [7, 11) is 0. The molecular formula is C17H24N2O2. The summed E-state index contributed by atoms with van der Waals surface area (Å²) in [5.41, 5.74) is 0. The molecule has 0 radical (unpaired) electrons. The molecule has 1 aromatic rings. The van der Waals surface area contributed by atoms with E-state index in [1.165, 1.54) is 0 Å². The molecule has 0 saturated carbocycles. The van der Waals surface area contributed by atoms with Gasteiger partial charge in [-0.05, 0) is 30.4 Å². The van der Waals surface area contributed by atoms with Crippen molar-refractivity contribution in [2.45, 2.75) is 13.3 Å². The van der Waals surface area contributed by atoms with Crippen LogP contribution in [0.1, 0.15) is 13.3 Å². The molecule has 1 aromatic carbocycles. The number of carbonyl (C=O) groups excluding carboxylic acids is 1. The average Bonchev–Trinajstić information content (AvgIpc) is 3.08. The van der Waals surface area contributed by atoms with E-state index in [0.717, 1.165) is 38.3 Å². The van der Waals surface area contributed by atoms with Crippen LogP contribution in [0.5, 0.6) is 5.75 Å². The molecular weight excluding hydrogens is 264 g/mol. The van der Waals surface area contributed by atoms with Gasteiger partial charge in [0.05, 0.1) is 6.61 Å². The van der Waals surface area contributed by atoms with Crippen LogP contribution < -0.4 is 10.1 Å². The number of hydrogen-bond acceptors (Lipinski definition) is 3. The maximum absolute atomic E-state index is 12.5. The molecule has 3 rings (SSSR count). The standard InChI is InChI=1S/C17H24N2O2/c1-13(7-8-21-16-5-3-2-4-6-16)17(20)19-11-14-9-18-10-15(14)12-19/h2-6,13-15,18H,7-12H2,1H3/t13?,14-,15+. The van der Waals surface area contributed by atoms with Gasteiger partial charge in [0.25, 0.3) is 0 Å². The van der Waals surface area contributed by atoms with E-state index >= 15 is 0 Å². The van der Waals surface area contributed by atoms with E-state index in [4.69, 9.17) is 4.74 Å². The predicted octanol–water partition coefficient (Wildman–Crippen LogP) is 1.77. The third kappa shape index (κ3) is 3.38. The number of fused-ring (bicyclic) bond motifs is 1. The zero-order valence-corrected chi connectivity index (χ0v) is 12.6. The molecule has 2 heterocycles. The molecule has 1 N–H and O–H groups in total. The van der Waals surface area contributed by atoms with E-state index in [1.807, 2.05) is 37.3 Å². The smallest absolute Gasteiger partial charge is 0.225 e. The van der Waals surface area contributed by atoms with Gasteiger partial charge >= 0.3 is 0 Å². The van der Waals surface area contributed by atoms with Crippen LogP contribution in [-0.4, -0.2) is 43.6 Å². The topological polar surface area (TPSA) is 41.6 Å². The highest BCUT2D eigenvalue weighted by molar-refractivity contribution is 5.78. The Balaban J connectivity index is 1.43. The van der Waals surface area contributed by atoms with E-state index in [-0.39, 0.29) is 5.92 Å². The fourth-order valence-corrected chi connectivity index (χ4v) is 3.34. The van der Waals surface area contributed by atoms with Crippen molar-refractivity contribution in [3.8, 4) is 5.75 Å². The van der Waals surface area contributed by atoms with Crippen LogP contribution in [0, 0.1) is 17.8 Å². The predicted molar refractivity (Wildman–Crippen MR) is 82.1 cm³/mol. The Hall–Kier alpha value is -1.55. The third-order valence-electron chi connectivity index (χ3n) is 4.69. The second kappa shape index (κ2) is 6.48. The molecule has 1 amide bonds. The highest BCUT2D eigenvalue weighted by Gasteiger charge is 2.38. The quantitative estimate of drug-likeness (QED) is 0.898. The summed E-state index contributed by atoms with van der Waals surface area (Å²) in [6, 6.07) is 9.78. The van der Waals surface area contributed by atoms with Crippen LogP contribution in [0.2, 0.25) is 0 Å². The minimum absolute atomic E-state index is 0.0421. The first-order chi connectivity index (χ1) is 10.2. The lowest BCUT2D eigenvalue weighted by atomic mass is 10.0. The number of carbonyl (C=O) groups is 1. The first kappa shape index (κ1) is 14.4. The molecule has 114 valence electrons. The Labute approximate surface area is 126 Å². The number of rotatable bonds is 5. The number of para-hydroxylation sites is 1. The number of nitrogens with zero attached hydrogens (tertiary/aromatic N) is 1. The Kier molecular flexibility index (Phi) is 4.44. The van der Waals surface area contributed by atoms with Crippen molar-refractivity contribution in [3.63, 3.8) is 0 Å². The lowest BCUT2D eigenvalue weighted by molar-refractivity contribution is -0.134. The summed E-state index contributed by atoms with van der Waals surface area (Å²) in [6.07, 6.45) is 0.776. The van der Waals surface area contributed by atoms with Gasteiger partial charge in [-0.2, -0.15) is 0 Å². The van der Waals surface area contributed by atoms with Crippen molar-refractivity contribution < 1.29 is 9.53 Å². The third-order valence-corrected chi connectivity index (χ3v) is 4.69. The highest BCUT2D eigenvalue weighted by atomic mass is 16.5. The van der Waals surface area contributed by atoms with Gasteiger partial charge in [0, 0.05) is 32.1 Å². The first-order valence-electron chi connectivity index (χ1n) is 7.91. The fraction of sp³-hybridized carbons (Fsp3) is 0.588. The van der Waals surface area contributed by atoms with Crippen LogP contribution in [0.15, 0.2) is 30.3 Å². The van der Waals surface area contributed by atoms with Gasteiger partial charge in [0.2, 0.25) is 5.91 Å². The summed E-state index contributed by atoms with van der Waals surface area (Å²) in [5.74, 6) is 2.55. The second-order valence-corrected chi connectivity index (χ2v) is 6.27. The monoisotopic (exact) mass is 288 g/mol. The van der Waals surface area contributed by atoms with E-state index in [2.05, 4.69) is 10.2 Å². The molecule has 2 fully saturated rings. The minimum atomic E-state index is 0.0421. The number of nitrogens with one attached hydrogen (secondary N) is 1. The zero-order chi connectivity index (χ0) is 14.7. The average molecular weight is 288 g/mol. The van der Waals surface area contributed by atoms with E-state index < -0.39 is 0 Å². The van der Waals surface area contributed by atoms with Gasteiger partial charge < -0.3 is 15.0 Å². The van der Waals surface area contributed by atoms with Gasteiger partial charge in [-0.3, -0.25) is 4.79 Å². The molecule has 2 saturated heterocycles. The van der Waals surface area contributed by atoms with Crippen molar-refractivity contribution in [3.05, 3.63) is 30.3 Å². The van der Waals surface area contributed by atoms with E-state index in [9.17, 15) is 4.79 Å². The van der Waals surface area contributed by atoms with Crippen LogP contribution in [-0.2, 0) is 4.79 Å². The second-order valence-electron chi connectivity index (χ2n) is 6.27. The van der Waals surface area contributed by atoms with E-state index in [1.54, 1.807) is 0 Å². The van der Waals surface area contributed by atoms with Crippen LogP contribution in [0.3, 0.4) is 0 Å². The number of hydrogen-bond donors (Lipinski definition) is 1. The van der Waals surface area contributed by atoms with Gasteiger partial charge in [-0.1, -0.05) is 25.1 Å². The number of likely N-dealkylation sites (tertiary alicyclic amines) is 1. The fourth-order valence-electron chi connectivity index (χ4n) is 3.34. The summed E-state index contributed by atoms with van der Waals surface area (Å²) in [5, 5.41) is 3.41. The SMILES string of the molecule is CC(CCOc1ccccc1)C(=O)N1C[C@H]2CNC[C@H]2C1. The maximum atomic E-state index is 12.5. The number of amides is 1. The Morgan fingerprint density at radius 1 is 1.29 bits per heavy atom. The van der Waals surface area contributed by atoms with E-state index in [0.29, 0.717) is 24.3 Å². The first-order valence-corrected chi connectivity index (χ1v) is 7.91. The molecule has 21 heavy (non-hydrogen) atoms. The Morgan fingerprint density at radius 2 is 1.95 bits per heavy atom. The van der Waals surface area contributed by atoms with Crippen molar-refractivity contribution in [1.29, 1.82) is 0 Å². The molecule has 0 aromatic heterocycles. The lowest BCUT2D eigenvalue weighted by Crippen LogP contribution is -2.36. The summed E-state index contributed by atoms with van der Waals surface area (Å²) in [4.78, 5) is 14.5. The molecule has 2 aliphatic rings. The summed E-state index contributed by atoms with van der Waals surface area (Å²) < 4.78 is 5.68. The molecule has 1 unspecified atom stereocenters.